The van der Waals surface area contributed by atoms with E-state index in [1.807, 2.05) is 6.92 Å². The van der Waals surface area contributed by atoms with Crippen LogP contribution in [0.4, 0.5) is 5.69 Å². The summed E-state index contributed by atoms with van der Waals surface area (Å²) in [5.41, 5.74) is 3.64. The molecule has 1 aliphatic heterocycles. The second-order valence-corrected chi connectivity index (χ2v) is 7.69. The number of benzene rings is 1. The summed E-state index contributed by atoms with van der Waals surface area (Å²) >= 11 is 3.46. The molecule has 1 atom stereocenters. The van der Waals surface area contributed by atoms with Gasteiger partial charge in [-0.1, -0.05) is 22.0 Å². The maximum absolute atomic E-state index is 11.6. The van der Waals surface area contributed by atoms with E-state index < -0.39 is 9.84 Å². The molecule has 1 aromatic rings. The zero-order valence-corrected chi connectivity index (χ0v) is 13.1. The topological polar surface area (TPSA) is 37.4 Å². The maximum atomic E-state index is 11.6. The summed E-state index contributed by atoms with van der Waals surface area (Å²) in [6, 6.07) is 6.39. The predicted molar refractivity (Wildman–Crippen MR) is 79.3 cm³/mol. The van der Waals surface area contributed by atoms with E-state index in [9.17, 15) is 8.42 Å². The fourth-order valence-electron chi connectivity index (χ4n) is 2.39. The number of aryl methyl sites for hydroxylation is 1. The lowest BCUT2D eigenvalue weighted by Gasteiger charge is -2.35. The van der Waals surface area contributed by atoms with Crippen LogP contribution in [0.2, 0.25) is 0 Å². The zero-order chi connectivity index (χ0) is 13.3. The Morgan fingerprint density at radius 1 is 1.44 bits per heavy atom. The lowest BCUT2D eigenvalue weighted by molar-refractivity contribution is 0.568. The Kier molecular flexibility index (Phi) is 4.02. The molecule has 1 heterocycles. The van der Waals surface area contributed by atoms with Gasteiger partial charge in [-0.3, -0.25) is 0 Å². The van der Waals surface area contributed by atoms with Gasteiger partial charge >= 0.3 is 0 Å². The molecule has 0 aliphatic carbocycles. The van der Waals surface area contributed by atoms with E-state index in [2.05, 4.69) is 46.0 Å². The molecule has 0 amide bonds. The minimum Gasteiger partial charge on any atom is -0.367 e. The van der Waals surface area contributed by atoms with Crippen molar-refractivity contribution in [2.45, 2.75) is 25.2 Å². The maximum Gasteiger partial charge on any atom is 0.154 e. The van der Waals surface area contributed by atoms with Gasteiger partial charge in [0.05, 0.1) is 11.5 Å². The first-order valence-electron chi connectivity index (χ1n) is 6.05. The fourth-order valence-corrected chi connectivity index (χ4v) is 4.58. The number of anilines is 1. The highest BCUT2D eigenvalue weighted by Gasteiger charge is 2.28. The molecule has 0 N–H and O–H groups in total. The Bertz CT molecular complexity index is 542. The van der Waals surface area contributed by atoms with E-state index in [4.69, 9.17) is 0 Å². The van der Waals surface area contributed by atoms with Crippen LogP contribution in [-0.4, -0.2) is 32.5 Å². The van der Waals surface area contributed by atoms with E-state index in [-0.39, 0.29) is 17.5 Å². The first-order valence-corrected chi connectivity index (χ1v) is 9.00. The largest absolute Gasteiger partial charge is 0.367 e. The minimum absolute atomic E-state index is 0.0537. The molecule has 0 spiro atoms. The predicted octanol–water partition coefficient (Wildman–Crippen LogP) is 2.51. The molecule has 0 saturated carbocycles. The van der Waals surface area contributed by atoms with Crippen LogP contribution < -0.4 is 4.90 Å². The molecule has 1 unspecified atom stereocenters. The van der Waals surface area contributed by atoms with Crippen molar-refractivity contribution >= 4 is 31.5 Å². The smallest absolute Gasteiger partial charge is 0.154 e. The van der Waals surface area contributed by atoms with Crippen molar-refractivity contribution in [3.63, 3.8) is 0 Å². The number of nitrogens with zero attached hydrogens (tertiary/aromatic N) is 1. The van der Waals surface area contributed by atoms with Crippen LogP contribution in [0.15, 0.2) is 18.2 Å². The van der Waals surface area contributed by atoms with Crippen LogP contribution in [0.1, 0.15) is 18.1 Å². The van der Waals surface area contributed by atoms with Crippen LogP contribution in [0.3, 0.4) is 0 Å². The normalized spacial score (nSPS) is 23.1. The third kappa shape index (κ3) is 2.88. The molecular formula is C13H18BrNO2S. The average Bonchev–Trinajstić information content (AvgIpc) is 2.27. The van der Waals surface area contributed by atoms with Crippen LogP contribution in [-0.2, 0) is 15.2 Å². The molecule has 100 valence electrons. The number of halogens is 1. The molecule has 2 rings (SSSR count). The summed E-state index contributed by atoms with van der Waals surface area (Å²) < 4.78 is 23.1. The standard InChI is InChI=1S/C13H18BrNO2S/c1-10-7-13(4-3-12(10)8-14)15-5-6-18(16,17)9-11(15)2/h3-4,7,11H,5-6,8-9H2,1-2H3. The molecule has 18 heavy (non-hydrogen) atoms. The first kappa shape index (κ1) is 13.9. The van der Waals surface area contributed by atoms with Crippen molar-refractivity contribution in [3.05, 3.63) is 29.3 Å². The Morgan fingerprint density at radius 2 is 2.17 bits per heavy atom. The highest BCUT2D eigenvalue weighted by atomic mass is 79.9. The van der Waals surface area contributed by atoms with Crippen molar-refractivity contribution in [1.29, 1.82) is 0 Å². The molecule has 1 fully saturated rings. The van der Waals surface area contributed by atoms with Gasteiger partial charge in [-0.15, -0.1) is 0 Å². The Labute approximate surface area is 117 Å². The number of hydrogen-bond acceptors (Lipinski definition) is 3. The number of alkyl halides is 1. The molecule has 1 aromatic carbocycles. The van der Waals surface area contributed by atoms with Gasteiger partial charge in [0.15, 0.2) is 9.84 Å². The molecule has 1 saturated heterocycles. The highest BCUT2D eigenvalue weighted by Crippen LogP contribution is 2.25. The molecular weight excluding hydrogens is 314 g/mol. The van der Waals surface area contributed by atoms with Gasteiger partial charge in [0.2, 0.25) is 0 Å². The first-order chi connectivity index (χ1) is 8.43. The van der Waals surface area contributed by atoms with Crippen LogP contribution >= 0.6 is 15.9 Å². The summed E-state index contributed by atoms with van der Waals surface area (Å²) in [5.74, 6) is 0.517. The van der Waals surface area contributed by atoms with E-state index >= 15 is 0 Å². The van der Waals surface area contributed by atoms with Crippen LogP contribution in [0.5, 0.6) is 0 Å². The van der Waals surface area contributed by atoms with Crippen molar-refractivity contribution < 1.29 is 8.42 Å². The van der Waals surface area contributed by atoms with Gasteiger partial charge in [0.1, 0.15) is 0 Å². The van der Waals surface area contributed by atoms with Gasteiger partial charge < -0.3 is 4.90 Å². The summed E-state index contributed by atoms with van der Waals surface area (Å²) in [6.45, 7) is 4.66. The van der Waals surface area contributed by atoms with Crippen molar-refractivity contribution in [3.8, 4) is 0 Å². The Morgan fingerprint density at radius 3 is 2.72 bits per heavy atom. The van der Waals surface area contributed by atoms with Crippen molar-refractivity contribution in [2.24, 2.45) is 0 Å². The zero-order valence-electron chi connectivity index (χ0n) is 10.7. The quantitative estimate of drug-likeness (QED) is 0.781. The van der Waals surface area contributed by atoms with Crippen LogP contribution in [0, 0.1) is 6.92 Å². The molecule has 5 heteroatoms. The monoisotopic (exact) mass is 331 g/mol. The SMILES string of the molecule is Cc1cc(N2CCS(=O)(=O)CC2C)ccc1CBr. The third-order valence-corrected chi connectivity index (χ3v) is 5.87. The number of rotatable bonds is 2. The third-order valence-electron chi connectivity index (χ3n) is 3.47. The summed E-state index contributed by atoms with van der Waals surface area (Å²) in [5, 5.41) is 0.850. The summed E-state index contributed by atoms with van der Waals surface area (Å²) in [7, 11) is -2.84. The molecule has 1 aliphatic rings. The van der Waals surface area contributed by atoms with Crippen molar-refractivity contribution in [1.82, 2.24) is 0 Å². The Hall–Kier alpha value is -0.550. The van der Waals surface area contributed by atoms with Crippen molar-refractivity contribution in [2.75, 3.05) is 23.0 Å². The number of hydrogen-bond donors (Lipinski definition) is 0. The van der Waals surface area contributed by atoms with Gasteiger partial charge in [-0.05, 0) is 37.1 Å². The van der Waals surface area contributed by atoms with E-state index in [1.54, 1.807) is 0 Å². The lowest BCUT2D eigenvalue weighted by atomic mass is 10.1. The van der Waals surface area contributed by atoms with E-state index in [0.717, 1.165) is 11.0 Å². The van der Waals surface area contributed by atoms with Gasteiger partial charge in [0, 0.05) is 23.6 Å². The van der Waals surface area contributed by atoms with Gasteiger partial charge in [-0.2, -0.15) is 0 Å². The second-order valence-electron chi connectivity index (χ2n) is 4.90. The van der Waals surface area contributed by atoms with Gasteiger partial charge in [-0.25, -0.2) is 8.42 Å². The highest BCUT2D eigenvalue weighted by molar-refractivity contribution is 9.08. The Balaban J connectivity index is 2.25. The molecule has 0 bridgehead atoms. The molecule has 3 nitrogen and oxygen atoms in total. The minimum atomic E-state index is -2.84. The lowest BCUT2D eigenvalue weighted by Crippen LogP contribution is -2.47. The van der Waals surface area contributed by atoms with E-state index in [1.165, 1.54) is 11.1 Å². The second kappa shape index (κ2) is 5.21. The summed E-state index contributed by atoms with van der Waals surface area (Å²) in [6.07, 6.45) is 0. The van der Waals surface area contributed by atoms with Gasteiger partial charge in [0.25, 0.3) is 0 Å². The molecule has 0 aromatic heterocycles. The summed E-state index contributed by atoms with van der Waals surface area (Å²) in [4.78, 5) is 2.19. The molecule has 0 radical (unpaired) electrons. The van der Waals surface area contributed by atoms with Crippen LogP contribution in [0.25, 0.3) is 0 Å². The average molecular weight is 332 g/mol. The van der Waals surface area contributed by atoms with E-state index in [0.29, 0.717) is 6.54 Å². The fraction of sp³-hybridized carbons (Fsp3) is 0.538. The number of sulfone groups is 1.